The molecule has 0 radical (unpaired) electrons. The first kappa shape index (κ1) is 24.1. The SMILES string of the molecule is Fc1ccc(COc2cc(CCC3CCCCC3)cc(OCc3ccc(F)cc3F)c2)c(F)c1. The fourth-order valence-electron chi connectivity index (χ4n) is 4.39. The number of ether oxygens (including phenoxy) is 2. The number of rotatable bonds is 9. The Labute approximate surface area is 197 Å². The molecule has 1 aliphatic carbocycles. The van der Waals surface area contributed by atoms with Crippen LogP contribution in [0.5, 0.6) is 11.5 Å². The Morgan fingerprint density at radius 2 is 1.18 bits per heavy atom. The summed E-state index contributed by atoms with van der Waals surface area (Å²) in [6, 6.07) is 12.2. The van der Waals surface area contributed by atoms with Crippen molar-refractivity contribution < 1.29 is 27.0 Å². The van der Waals surface area contributed by atoms with Gasteiger partial charge < -0.3 is 9.47 Å². The van der Waals surface area contributed by atoms with Crippen molar-refractivity contribution in [2.75, 3.05) is 0 Å². The van der Waals surface area contributed by atoms with E-state index in [-0.39, 0.29) is 24.3 Å². The van der Waals surface area contributed by atoms with E-state index in [9.17, 15) is 17.6 Å². The van der Waals surface area contributed by atoms with E-state index in [1.54, 1.807) is 6.07 Å². The number of aryl methyl sites for hydroxylation is 1. The molecule has 3 aromatic rings. The third-order valence-corrected chi connectivity index (χ3v) is 6.32. The molecule has 0 heterocycles. The van der Waals surface area contributed by atoms with Crippen molar-refractivity contribution in [2.45, 2.75) is 58.2 Å². The van der Waals surface area contributed by atoms with Crippen molar-refractivity contribution in [1.82, 2.24) is 0 Å². The van der Waals surface area contributed by atoms with Crippen molar-refractivity contribution in [1.29, 1.82) is 0 Å². The fourth-order valence-corrected chi connectivity index (χ4v) is 4.39. The highest BCUT2D eigenvalue weighted by molar-refractivity contribution is 5.39. The van der Waals surface area contributed by atoms with E-state index in [2.05, 4.69) is 0 Å². The Kier molecular flexibility index (Phi) is 8.09. The number of hydrogen-bond donors (Lipinski definition) is 0. The predicted molar refractivity (Wildman–Crippen MR) is 123 cm³/mol. The molecular formula is C28H28F4O2. The van der Waals surface area contributed by atoms with Gasteiger partial charge in [-0.05, 0) is 60.7 Å². The van der Waals surface area contributed by atoms with Gasteiger partial charge in [0.2, 0.25) is 0 Å². The Morgan fingerprint density at radius 3 is 1.68 bits per heavy atom. The van der Waals surface area contributed by atoms with Crippen LogP contribution >= 0.6 is 0 Å². The predicted octanol–water partition coefficient (Wildman–Crippen LogP) is 7.91. The van der Waals surface area contributed by atoms with E-state index in [0.717, 1.165) is 30.5 Å². The van der Waals surface area contributed by atoms with Crippen LogP contribution in [0, 0.1) is 29.2 Å². The summed E-state index contributed by atoms with van der Waals surface area (Å²) in [7, 11) is 0. The monoisotopic (exact) mass is 472 g/mol. The zero-order valence-corrected chi connectivity index (χ0v) is 19.0. The highest BCUT2D eigenvalue weighted by Crippen LogP contribution is 2.30. The van der Waals surface area contributed by atoms with Crippen LogP contribution < -0.4 is 9.47 Å². The van der Waals surface area contributed by atoms with E-state index in [0.29, 0.717) is 17.4 Å². The molecule has 0 amide bonds. The van der Waals surface area contributed by atoms with E-state index >= 15 is 0 Å². The van der Waals surface area contributed by atoms with E-state index < -0.39 is 23.3 Å². The molecule has 0 aromatic heterocycles. The summed E-state index contributed by atoms with van der Waals surface area (Å²) in [6.07, 6.45) is 8.23. The molecular weight excluding hydrogens is 444 g/mol. The first-order chi connectivity index (χ1) is 16.5. The molecule has 0 unspecified atom stereocenters. The van der Waals surface area contributed by atoms with E-state index in [1.807, 2.05) is 12.1 Å². The molecule has 4 rings (SSSR count). The Bertz CT molecular complexity index is 1040. The minimum atomic E-state index is -0.670. The first-order valence-electron chi connectivity index (χ1n) is 11.7. The topological polar surface area (TPSA) is 18.5 Å². The molecule has 180 valence electrons. The summed E-state index contributed by atoms with van der Waals surface area (Å²) >= 11 is 0. The van der Waals surface area contributed by atoms with Crippen LogP contribution in [-0.4, -0.2) is 0 Å². The van der Waals surface area contributed by atoms with Gasteiger partial charge in [-0.2, -0.15) is 0 Å². The minimum absolute atomic E-state index is 0.0653. The largest absolute Gasteiger partial charge is 0.489 e. The van der Waals surface area contributed by atoms with Gasteiger partial charge in [0.25, 0.3) is 0 Å². The third kappa shape index (κ3) is 6.75. The molecule has 6 heteroatoms. The van der Waals surface area contributed by atoms with Crippen molar-refractivity contribution in [3.8, 4) is 11.5 Å². The van der Waals surface area contributed by atoms with Crippen molar-refractivity contribution >= 4 is 0 Å². The van der Waals surface area contributed by atoms with Crippen LogP contribution in [0.2, 0.25) is 0 Å². The summed E-state index contributed by atoms with van der Waals surface area (Å²) in [5.41, 5.74) is 1.49. The molecule has 1 aliphatic rings. The molecule has 0 saturated heterocycles. The van der Waals surface area contributed by atoms with Gasteiger partial charge in [-0.25, -0.2) is 17.6 Å². The van der Waals surface area contributed by atoms with Crippen molar-refractivity contribution in [2.24, 2.45) is 5.92 Å². The van der Waals surface area contributed by atoms with Crippen LogP contribution in [0.15, 0.2) is 54.6 Å². The van der Waals surface area contributed by atoms with Crippen molar-refractivity contribution in [3.63, 3.8) is 0 Å². The molecule has 0 aliphatic heterocycles. The zero-order chi connectivity index (χ0) is 23.9. The van der Waals surface area contributed by atoms with Gasteiger partial charge in [-0.3, -0.25) is 0 Å². The minimum Gasteiger partial charge on any atom is -0.489 e. The normalized spacial score (nSPS) is 14.2. The Morgan fingerprint density at radius 1 is 0.647 bits per heavy atom. The standard InChI is InChI=1S/C28H28F4O2/c29-23-10-8-21(27(31)14-23)17-33-25-12-20(7-6-19-4-2-1-3-5-19)13-26(16-25)34-18-22-9-11-24(30)15-28(22)32/h8-16,19H,1-7,17-18H2. The summed E-state index contributed by atoms with van der Waals surface area (Å²) in [5.74, 6) is -0.957. The Hall–Kier alpha value is -3.02. The lowest BCUT2D eigenvalue weighted by Gasteiger charge is -2.21. The molecule has 0 spiro atoms. The lowest BCUT2D eigenvalue weighted by atomic mass is 9.85. The molecule has 1 fully saturated rings. The van der Waals surface area contributed by atoms with Crippen LogP contribution in [-0.2, 0) is 19.6 Å². The second-order valence-corrected chi connectivity index (χ2v) is 8.90. The van der Waals surface area contributed by atoms with Gasteiger partial charge in [0.1, 0.15) is 48.0 Å². The lowest BCUT2D eigenvalue weighted by Crippen LogP contribution is -2.07. The van der Waals surface area contributed by atoms with Crippen LogP contribution in [0.25, 0.3) is 0 Å². The summed E-state index contributed by atoms with van der Waals surface area (Å²) in [4.78, 5) is 0. The summed E-state index contributed by atoms with van der Waals surface area (Å²) in [5, 5.41) is 0. The van der Waals surface area contributed by atoms with Gasteiger partial charge in [0.15, 0.2) is 0 Å². The first-order valence-corrected chi connectivity index (χ1v) is 11.7. The van der Waals surface area contributed by atoms with Crippen LogP contribution in [0.3, 0.4) is 0 Å². The molecule has 0 N–H and O–H groups in total. The van der Waals surface area contributed by atoms with E-state index in [4.69, 9.17) is 9.47 Å². The Balaban J connectivity index is 1.48. The molecule has 2 nitrogen and oxygen atoms in total. The summed E-state index contributed by atoms with van der Waals surface area (Å²) < 4.78 is 66.0. The van der Waals surface area contributed by atoms with Gasteiger partial charge >= 0.3 is 0 Å². The maximum absolute atomic E-state index is 14.0. The molecule has 3 aromatic carbocycles. The quantitative estimate of drug-likeness (QED) is 0.295. The van der Waals surface area contributed by atoms with Gasteiger partial charge in [0.05, 0.1) is 0 Å². The molecule has 1 saturated carbocycles. The van der Waals surface area contributed by atoms with Gasteiger partial charge in [-0.1, -0.05) is 32.1 Å². The maximum atomic E-state index is 14.0. The molecule has 0 bridgehead atoms. The lowest BCUT2D eigenvalue weighted by molar-refractivity contribution is 0.283. The summed E-state index contributed by atoms with van der Waals surface area (Å²) in [6.45, 7) is -0.131. The second kappa shape index (κ2) is 11.4. The van der Waals surface area contributed by atoms with E-state index in [1.165, 1.54) is 56.4 Å². The zero-order valence-electron chi connectivity index (χ0n) is 19.0. The van der Waals surface area contributed by atoms with Gasteiger partial charge in [0, 0.05) is 29.3 Å². The average molecular weight is 473 g/mol. The smallest absolute Gasteiger partial charge is 0.132 e. The highest BCUT2D eigenvalue weighted by Gasteiger charge is 2.14. The number of halogens is 4. The average Bonchev–Trinajstić information content (AvgIpc) is 2.82. The third-order valence-electron chi connectivity index (χ3n) is 6.32. The highest BCUT2D eigenvalue weighted by atomic mass is 19.1. The molecule has 34 heavy (non-hydrogen) atoms. The number of benzene rings is 3. The van der Waals surface area contributed by atoms with Gasteiger partial charge in [-0.15, -0.1) is 0 Å². The molecule has 0 atom stereocenters. The second-order valence-electron chi connectivity index (χ2n) is 8.90. The number of hydrogen-bond acceptors (Lipinski definition) is 2. The fraction of sp³-hybridized carbons (Fsp3) is 0.357. The maximum Gasteiger partial charge on any atom is 0.132 e. The van der Waals surface area contributed by atoms with Crippen LogP contribution in [0.1, 0.15) is 55.2 Å². The van der Waals surface area contributed by atoms with Crippen LogP contribution in [0.4, 0.5) is 17.6 Å². The van der Waals surface area contributed by atoms with Crippen molar-refractivity contribution in [3.05, 3.63) is 94.6 Å².